The minimum absolute atomic E-state index is 0.911. The van der Waals surface area contributed by atoms with E-state index in [1.165, 1.54) is 16.7 Å². The van der Waals surface area contributed by atoms with E-state index in [4.69, 9.17) is 5.73 Å². The molecule has 3 rings (SSSR count). The summed E-state index contributed by atoms with van der Waals surface area (Å²) in [5, 5.41) is 0. The van der Waals surface area contributed by atoms with E-state index >= 15 is 0 Å². The fraction of sp³-hybridized carbons (Fsp3) is 0.250. The van der Waals surface area contributed by atoms with Crippen LogP contribution in [0.5, 0.6) is 0 Å². The van der Waals surface area contributed by atoms with Gasteiger partial charge in [-0.15, -0.1) is 0 Å². The first kappa shape index (κ1) is 11.3. The highest BCUT2D eigenvalue weighted by atomic mass is 15.1. The molecule has 18 heavy (non-hydrogen) atoms. The summed E-state index contributed by atoms with van der Waals surface area (Å²) in [6.45, 7) is 3.22. The predicted octanol–water partition coefficient (Wildman–Crippen LogP) is 2.83. The topological polar surface area (TPSA) is 29.3 Å². The van der Waals surface area contributed by atoms with Crippen molar-refractivity contribution < 1.29 is 0 Å². The van der Waals surface area contributed by atoms with Crippen molar-refractivity contribution in [2.75, 3.05) is 12.3 Å². The maximum absolute atomic E-state index is 5.97. The smallest absolute Gasteiger partial charge is 0.0347 e. The molecule has 2 nitrogen and oxygen atoms in total. The van der Waals surface area contributed by atoms with Crippen molar-refractivity contribution >= 4 is 5.69 Å². The Hall–Kier alpha value is -1.80. The molecule has 92 valence electrons. The van der Waals surface area contributed by atoms with Crippen molar-refractivity contribution in [1.82, 2.24) is 4.90 Å². The molecule has 1 aliphatic heterocycles. The van der Waals surface area contributed by atoms with E-state index < -0.39 is 0 Å². The van der Waals surface area contributed by atoms with E-state index in [2.05, 4.69) is 41.3 Å². The summed E-state index contributed by atoms with van der Waals surface area (Å²) in [7, 11) is 0. The molecule has 2 aromatic rings. The van der Waals surface area contributed by atoms with Crippen molar-refractivity contribution in [1.29, 1.82) is 0 Å². The number of hydrogen-bond donors (Lipinski definition) is 1. The predicted molar refractivity (Wildman–Crippen MR) is 75.1 cm³/mol. The quantitative estimate of drug-likeness (QED) is 0.833. The minimum Gasteiger partial charge on any atom is -0.399 e. The van der Waals surface area contributed by atoms with E-state index in [0.29, 0.717) is 0 Å². The normalized spacial score (nSPS) is 14.7. The zero-order valence-corrected chi connectivity index (χ0v) is 10.5. The number of fused-ring (bicyclic) bond motifs is 1. The lowest BCUT2D eigenvalue weighted by Crippen LogP contribution is -2.19. The van der Waals surface area contributed by atoms with Crippen LogP contribution in [0, 0.1) is 0 Å². The number of nitrogen functional groups attached to an aromatic ring is 1. The molecule has 2 heteroatoms. The number of benzene rings is 2. The van der Waals surface area contributed by atoms with Gasteiger partial charge in [0, 0.05) is 25.3 Å². The van der Waals surface area contributed by atoms with Gasteiger partial charge < -0.3 is 5.73 Å². The maximum Gasteiger partial charge on any atom is 0.0347 e. The monoisotopic (exact) mass is 238 g/mol. The van der Waals surface area contributed by atoms with E-state index in [-0.39, 0.29) is 0 Å². The fourth-order valence-corrected chi connectivity index (χ4v) is 2.60. The Bertz CT molecular complexity index is 523. The fourth-order valence-electron chi connectivity index (χ4n) is 2.60. The average Bonchev–Trinajstić information content (AvgIpc) is 2.80. The molecule has 0 spiro atoms. The first-order chi connectivity index (χ1) is 8.83. The molecule has 1 aliphatic rings. The number of nitrogens with zero attached hydrogens (tertiary/aromatic N) is 1. The molecule has 0 unspecified atom stereocenters. The van der Waals surface area contributed by atoms with Gasteiger partial charge >= 0.3 is 0 Å². The third-order valence-corrected chi connectivity index (χ3v) is 3.66. The van der Waals surface area contributed by atoms with Gasteiger partial charge in [-0.1, -0.05) is 42.5 Å². The molecule has 0 atom stereocenters. The van der Waals surface area contributed by atoms with Crippen LogP contribution in [0.3, 0.4) is 0 Å². The van der Waals surface area contributed by atoms with Crippen molar-refractivity contribution in [2.24, 2.45) is 0 Å². The van der Waals surface area contributed by atoms with Crippen molar-refractivity contribution in [3.63, 3.8) is 0 Å². The maximum atomic E-state index is 5.97. The summed E-state index contributed by atoms with van der Waals surface area (Å²) in [6, 6.07) is 16.9. The van der Waals surface area contributed by atoms with Crippen LogP contribution in [0.1, 0.15) is 16.7 Å². The molecule has 2 N–H and O–H groups in total. The Morgan fingerprint density at radius 3 is 2.17 bits per heavy atom. The zero-order chi connectivity index (χ0) is 12.4. The molecule has 0 saturated carbocycles. The van der Waals surface area contributed by atoms with E-state index in [1.807, 2.05) is 12.1 Å². The first-order valence-corrected chi connectivity index (χ1v) is 6.45. The summed E-state index contributed by atoms with van der Waals surface area (Å²) in [5.74, 6) is 0. The van der Waals surface area contributed by atoms with Gasteiger partial charge in [-0.3, -0.25) is 4.90 Å². The molecule has 2 aromatic carbocycles. The molecule has 0 fully saturated rings. The van der Waals surface area contributed by atoms with Crippen LogP contribution in [0.2, 0.25) is 0 Å². The Kier molecular flexibility index (Phi) is 3.03. The molecule has 0 amide bonds. The van der Waals surface area contributed by atoms with Crippen LogP contribution in [-0.4, -0.2) is 11.4 Å². The van der Waals surface area contributed by atoms with E-state index in [0.717, 1.165) is 31.7 Å². The average molecular weight is 238 g/mol. The summed E-state index contributed by atoms with van der Waals surface area (Å²) in [5.41, 5.74) is 11.1. The molecule has 0 aliphatic carbocycles. The molecule has 0 bridgehead atoms. The summed E-state index contributed by atoms with van der Waals surface area (Å²) >= 11 is 0. The van der Waals surface area contributed by atoms with Crippen molar-refractivity contribution in [3.05, 3.63) is 65.2 Å². The van der Waals surface area contributed by atoms with Crippen LogP contribution in [-0.2, 0) is 19.5 Å². The van der Waals surface area contributed by atoms with Gasteiger partial charge in [0.05, 0.1) is 0 Å². The molecular weight excluding hydrogens is 220 g/mol. The standard InChI is InChI=1S/C16H18N2/c17-16-8-4-3-5-13(16)9-10-18-11-14-6-1-2-7-15(14)12-18/h1-8H,9-12,17H2. The minimum atomic E-state index is 0.911. The SMILES string of the molecule is Nc1ccccc1CCN1Cc2ccccc2C1. The lowest BCUT2D eigenvalue weighted by Gasteiger charge is -2.15. The van der Waals surface area contributed by atoms with Crippen molar-refractivity contribution in [2.45, 2.75) is 19.5 Å². The molecule has 0 aromatic heterocycles. The van der Waals surface area contributed by atoms with E-state index in [1.54, 1.807) is 0 Å². The Morgan fingerprint density at radius 1 is 0.889 bits per heavy atom. The van der Waals surface area contributed by atoms with Gasteiger partial charge in [0.25, 0.3) is 0 Å². The number of rotatable bonds is 3. The molecule has 0 saturated heterocycles. The molecule has 0 radical (unpaired) electrons. The van der Waals surface area contributed by atoms with Gasteiger partial charge in [0.2, 0.25) is 0 Å². The van der Waals surface area contributed by atoms with E-state index in [9.17, 15) is 0 Å². The second-order valence-electron chi connectivity index (χ2n) is 4.93. The lowest BCUT2D eigenvalue weighted by molar-refractivity contribution is 0.288. The largest absolute Gasteiger partial charge is 0.399 e. The summed E-state index contributed by atoms with van der Waals surface area (Å²) in [4.78, 5) is 2.48. The summed E-state index contributed by atoms with van der Waals surface area (Å²) in [6.07, 6.45) is 1.03. The molecular formula is C16H18N2. The number of para-hydroxylation sites is 1. The summed E-state index contributed by atoms with van der Waals surface area (Å²) < 4.78 is 0. The Labute approximate surface area is 108 Å². The second-order valence-corrected chi connectivity index (χ2v) is 4.93. The van der Waals surface area contributed by atoms with Crippen LogP contribution in [0.15, 0.2) is 48.5 Å². The van der Waals surface area contributed by atoms with Gasteiger partial charge in [-0.2, -0.15) is 0 Å². The van der Waals surface area contributed by atoms with Crippen LogP contribution >= 0.6 is 0 Å². The Balaban J connectivity index is 1.62. The van der Waals surface area contributed by atoms with Crippen LogP contribution < -0.4 is 5.73 Å². The lowest BCUT2D eigenvalue weighted by atomic mass is 10.1. The zero-order valence-electron chi connectivity index (χ0n) is 10.5. The van der Waals surface area contributed by atoms with Gasteiger partial charge in [-0.25, -0.2) is 0 Å². The number of anilines is 1. The highest BCUT2D eigenvalue weighted by molar-refractivity contribution is 5.46. The number of nitrogens with two attached hydrogens (primary N) is 1. The second kappa shape index (κ2) is 4.83. The van der Waals surface area contributed by atoms with Crippen molar-refractivity contribution in [3.8, 4) is 0 Å². The molecule has 1 heterocycles. The highest BCUT2D eigenvalue weighted by Crippen LogP contribution is 2.22. The van der Waals surface area contributed by atoms with Crippen LogP contribution in [0.25, 0.3) is 0 Å². The van der Waals surface area contributed by atoms with Crippen LogP contribution in [0.4, 0.5) is 5.69 Å². The Morgan fingerprint density at radius 2 is 1.50 bits per heavy atom. The number of hydrogen-bond acceptors (Lipinski definition) is 2. The van der Waals surface area contributed by atoms with Gasteiger partial charge in [0.1, 0.15) is 0 Å². The van der Waals surface area contributed by atoms with Gasteiger partial charge in [-0.05, 0) is 29.2 Å². The highest BCUT2D eigenvalue weighted by Gasteiger charge is 2.17. The van der Waals surface area contributed by atoms with Gasteiger partial charge in [0.15, 0.2) is 0 Å². The third kappa shape index (κ3) is 2.24. The third-order valence-electron chi connectivity index (χ3n) is 3.66. The first-order valence-electron chi connectivity index (χ1n) is 6.45.